The number of rotatable bonds is 6. The average Bonchev–Trinajstić information content (AvgIpc) is 2.95. The van der Waals surface area contributed by atoms with Gasteiger partial charge in [-0.25, -0.2) is 9.97 Å². The van der Waals surface area contributed by atoms with Crippen LogP contribution in [0.15, 0.2) is 47.2 Å². The molecule has 3 aromatic rings. The fourth-order valence-electron chi connectivity index (χ4n) is 2.06. The summed E-state index contributed by atoms with van der Waals surface area (Å²) in [5.41, 5.74) is 1.22. The molecule has 0 saturated carbocycles. The van der Waals surface area contributed by atoms with Crippen molar-refractivity contribution in [3.63, 3.8) is 0 Å². The summed E-state index contributed by atoms with van der Waals surface area (Å²) >= 11 is 5.88. The van der Waals surface area contributed by atoms with Gasteiger partial charge in [0.1, 0.15) is 23.7 Å². The van der Waals surface area contributed by atoms with Gasteiger partial charge < -0.3 is 15.2 Å². The number of hydrogen-bond donors (Lipinski definition) is 2. The zero-order chi connectivity index (χ0) is 16.1. The lowest BCUT2D eigenvalue weighted by Crippen LogP contribution is -2.07. The largest absolute Gasteiger partial charge is 0.370 e. The van der Waals surface area contributed by atoms with Gasteiger partial charge in [0.25, 0.3) is 0 Å². The van der Waals surface area contributed by atoms with Gasteiger partial charge >= 0.3 is 0 Å². The monoisotopic (exact) mass is 329 g/mol. The minimum atomic E-state index is 0.619. The predicted molar refractivity (Wildman–Crippen MR) is 90.2 cm³/mol. The molecule has 0 spiro atoms. The van der Waals surface area contributed by atoms with E-state index in [9.17, 15) is 0 Å². The Labute approximate surface area is 138 Å². The van der Waals surface area contributed by atoms with Crippen LogP contribution in [0, 0.1) is 6.92 Å². The van der Waals surface area contributed by atoms with Gasteiger partial charge in [-0.2, -0.15) is 0 Å². The van der Waals surface area contributed by atoms with Crippen molar-refractivity contribution in [2.75, 3.05) is 17.2 Å². The third-order valence-corrected chi connectivity index (χ3v) is 3.44. The van der Waals surface area contributed by atoms with E-state index in [0.717, 1.165) is 29.6 Å². The van der Waals surface area contributed by atoms with Gasteiger partial charge in [-0.15, -0.1) is 0 Å². The van der Waals surface area contributed by atoms with E-state index in [2.05, 4.69) is 25.8 Å². The zero-order valence-electron chi connectivity index (χ0n) is 12.6. The number of nitrogens with one attached hydrogen (secondary N) is 2. The molecule has 0 saturated heterocycles. The smallest absolute Gasteiger partial charge is 0.175 e. The van der Waals surface area contributed by atoms with E-state index in [-0.39, 0.29) is 0 Å². The second kappa shape index (κ2) is 7.11. The quantitative estimate of drug-likeness (QED) is 0.716. The summed E-state index contributed by atoms with van der Waals surface area (Å²) in [5.74, 6) is 2.76. The molecule has 23 heavy (non-hydrogen) atoms. The van der Waals surface area contributed by atoms with Gasteiger partial charge in [0.15, 0.2) is 5.82 Å². The maximum Gasteiger partial charge on any atom is 0.175 e. The first-order valence-corrected chi connectivity index (χ1v) is 7.57. The lowest BCUT2D eigenvalue weighted by molar-refractivity contribution is 0.400. The van der Waals surface area contributed by atoms with Crippen LogP contribution in [0.3, 0.4) is 0 Å². The predicted octanol–water partition coefficient (Wildman–Crippen LogP) is 3.82. The first-order valence-electron chi connectivity index (χ1n) is 7.20. The molecule has 0 fully saturated rings. The number of aromatic nitrogens is 3. The van der Waals surface area contributed by atoms with Crippen molar-refractivity contribution < 1.29 is 4.52 Å². The van der Waals surface area contributed by atoms with Crippen LogP contribution in [-0.4, -0.2) is 21.7 Å². The van der Waals surface area contributed by atoms with Gasteiger partial charge in [0.2, 0.25) is 0 Å². The topological polar surface area (TPSA) is 75.9 Å². The zero-order valence-corrected chi connectivity index (χ0v) is 13.3. The van der Waals surface area contributed by atoms with Crippen LogP contribution in [0.25, 0.3) is 0 Å². The molecule has 0 atom stereocenters. The molecule has 2 heterocycles. The molecule has 0 bridgehead atoms. The number of aryl methyl sites for hydroxylation is 1. The van der Waals surface area contributed by atoms with Crippen LogP contribution in [0.1, 0.15) is 11.3 Å². The minimum Gasteiger partial charge on any atom is -0.370 e. The number of nitrogens with zero attached hydrogens (tertiary/aromatic N) is 3. The summed E-state index contributed by atoms with van der Waals surface area (Å²) in [6.07, 6.45) is 2.38. The summed E-state index contributed by atoms with van der Waals surface area (Å²) in [5, 5.41) is 11.0. The van der Waals surface area contributed by atoms with E-state index in [1.807, 2.05) is 37.3 Å². The Morgan fingerprint density at radius 2 is 1.83 bits per heavy atom. The van der Waals surface area contributed by atoms with E-state index in [0.29, 0.717) is 11.6 Å². The molecule has 2 N–H and O–H groups in total. The van der Waals surface area contributed by atoms with Crippen molar-refractivity contribution in [3.05, 3.63) is 59.1 Å². The molecular weight excluding hydrogens is 314 g/mol. The Morgan fingerprint density at radius 3 is 2.57 bits per heavy atom. The van der Waals surface area contributed by atoms with Gasteiger partial charge in [-0.05, 0) is 31.0 Å². The third-order valence-electron chi connectivity index (χ3n) is 3.18. The number of anilines is 3. The standard InChI is InChI=1S/C16H16ClN5O/c1-11-8-16(22-23-11)21-15-9-14(19-10-20-15)18-7-6-12-2-4-13(17)5-3-12/h2-5,8-10H,6-7H2,1H3,(H2,18,19,20,21,22). The second-order valence-electron chi connectivity index (χ2n) is 5.04. The van der Waals surface area contributed by atoms with Crippen molar-refractivity contribution in [1.29, 1.82) is 0 Å². The Kier molecular flexibility index (Phi) is 4.73. The molecule has 0 aliphatic rings. The fraction of sp³-hybridized carbons (Fsp3) is 0.188. The van der Waals surface area contributed by atoms with E-state index >= 15 is 0 Å². The molecule has 0 aliphatic heterocycles. The van der Waals surface area contributed by atoms with Crippen LogP contribution in [0.5, 0.6) is 0 Å². The van der Waals surface area contributed by atoms with Crippen LogP contribution in [-0.2, 0) is 6.42 Å². The molecule has 0 unspecified atom stereocenters. The van der Waals surface area contributed by atoms with Crippen LogP contribution in [0.4, 0.5) is 17.5 Å². The Bertz CT molecular complexity index is 772. The minimum absolute atomic E-state index is 0.619. The third kappa shape index (κ3) is 4.43. The highest BCUT2D eigenvalue weighted by Gasteiger charge is 2.03. The Balaban J connectivity index is 1.56. The summed E-state index contributed by atoms with van der Waals surface area (Å²) < 4.78 is 5.01. The number of benzene rings is 1. The lowest BCUT2D eigenvalue weighted by atomic mass is 10.1. The Morgan fingerprint density at radius 1 is 1.04 bits per heavy atom. The summed E-state index contributed by atoms with van der Waals surface area (Å²) in [7, 11) is 0. The first-order chi connectivity index (χ1) is 11.2. The van der Waals surface area contributed by atoms with Crippen LogP contribution >= 0.6 is 11.6 Å². The molecule has 7 heteroatoms. The highest BCUT2D eigenvalue weighted by atomic mass is 35.5. The maximum absolute atomic E-state index is 5.88. The fourth-order valence-corrected chi connectivity index (χ4v) is 2.19. The van der Waals surface area contributed by atoms with Crippen molar-refractivity contribution in [3.8, 4) is 0 Å². The second-order valence-corrected chi connectivity index (χ2v) is 5.48. The lowest BCUT2D eigenvalue weighted by Gasteiger charge is -2.07. The Hall–Kier alpha value is -2.60. The molecule has 0 aliphatic carbocycles. The van der Waals surface area contributed by atoms with Gasteiger partial charge in [-0.1, -0.05) is 28.9 Å². The molecule has 0 radical (unpaired) electrons. The molecule has 2 aromatic heterocycles. The number of hydrogen-bond acceptors (Lipinski definition) is 6. The van der Waals surface area contributed by atoms with Crippen molar-refractivity contribution >= 4 is 29.1 Å². The van der Waals surface area contributed by atoms with E-state index in [1.54, 1.807) is 6.07 Å². The van der Waals surface area contributed by atoms with Gasteiger partial charge in [0, 0.05) is 23.7 Å². The van der Waals surface area contributed by atoms with Crippen LogP contribution in [0.2, 0.25) is 5.02 Å². The number of halogens is 1. The van der Waals surface area contributed by atoms with Gasteiger partial charge in [0.05, 0.1) is 0 Å². The normalized spacial score (nSPS) is 10.5. The van der Waals surface area contributed by atoms with Crippen molar-refractivity contribution in [1.82, 2.24) is 15.1 Å². The molecule has 118 valence electrons. The maximum atomic E-state index is 5.88. The van der Waals surface area contributed by atoms with E-state index in [4.69, 9.17) is 16.1 Å². The first kappa shape index (κ1) is 15.3. The highest BCUT2D eigenvalue weighted by molar-refractivity contribution is 6.30. The SMILES string of the molecule is Cc1cc(Nc2cc(NCCc3ccc(Cl)cc3)ncn2)no1. The molecule has 3 rings (SSSR count). The van der Waals surface area contributed by atoms with Gasteiger partial charge in [-0.3, -0.25) is 0 Å². The molecule has 6 nitrogen and oxygen atoms in total. The van der Waals surface area contributed by atoms with Crippen LogP contribution < -0.4 is 10.6 Å². The summed E-state index contributed by atoms with van der Waals surface area (Å²) in [4.78, 5) is 8.37. The molecule has 0 amide bonds. The van der Waals surface area contributed by atoms with Crippen molar-refractivity contribution in [2.24, 2.45) is 0 Å². The van der Waals surface area contributed by atoms with E-state index in [1.165, 1.54) is 11.9 Å². The van der Waals surface area contributed by atoms with E-state index < -0.39 is 0 Å². The average molecular weight is 330 g/mol. The molecular formula is C16H16ClN5O. The molecule has 1 aromatic carbocycles. The highest BCUT2D eigenvalue weighted by Crippen LogP contribution is 2.16. The summed E-state index contributed by atoms with van der Waals surface area (Å²) in [6.45, 7) is 2.60. The van der Waals surface area contributed by atoms with Crippen molar-refractivity contribution in [2.45, 2.75) is 13.3 Å². The summed E-state index contributed by atoms with van der Waals surface area (Å²) in [6, 6.07) is 11.4.